The van der Waals surface area contributed by atoms with Gasteiger partial charge in [-0.15, -0.1) is 0 Å². The third-order valence-electron chi connectivity index (χ3n) is 2.86. The molecule has 0 unspecified atom stereocenters. The van der Waals surface area contributed by atoms with Crippen LogP contribution in [-0.2, 0) is 23.8 Å². The van der Waals surface area contributed by atoms with E-state index in [1.54, 1.807) is 6.08 Å². The summed E-state index contributed by atoms with van der Waals surface area (Å²) >= 11 is 0. The first-order valence-electron chi connectivity index (χ1n) is 7.24. The second-order valence-corrected chi connectivity index (χ2v) is 6.47. The van der Waals surface area contributed by atoms with E-state index in [1.165, 1.54) is 13.2 Å². The first kappa shape index (κ1) is 19.2. The van der Waals surface area contributed by atoms with Crippen molar-refractivity contribution >= 4 is 22.2 Å². The third kappa shape index (κ3) is 9.00. The molecule has 1 rings (SSSR count). The maximum Gasteiger partial charge on any atom is 0.330 e. The summed E-state index contributed by atoms with van der Waals surface area (Å²) in [6.07, 6.45) is 6.25. The first-order valence-corrected chi connectivity index (χ1v) is 9.06. The molecule has 23 heavy (non-hydrogen) atoms. The molecule has 6 nitrogen and oxygen atoms in total. The lowest BCUT2D eigenvalue weighted by Crippen LogP contribution is -2.05. The minimum Gasteiger partial charge on any atom is -0.493 e. The maximum atomic E-state index is 11.1. The summed E-state index contributed by atoms with van der Waals surface area (Å²) in [6.45, 7) is 0.694. The highest BCUT2D eigenvalue weighted by Gasteiger charge is 2.02. The Morgan fingerprint density at radius 2 is 1.83 bits per heavy atom. The van der Waals surface area contributed by atoms with Crippen molar-refractivity contribution in [3.63, 3.8) is 0 Å². The van der Waals surface area contributed by atoms with Gasteiger partial charge in [0.05, 0.1) is 26.6 Å². The van der Waals surface area contributed by atoms with Crippen molar-refractivity contribution in [2.75, 3.05) is 26.6 Å². The zero-order valence-corrected chi connectivity index (χ0v) is 14.2. The smallest absolute Gasteiger partial charge is 0.330 e. The van der Waals surface area contributed by atoms with E-state index >= 15 is 0 Å². The highest BCUT2D eigenvalue weighted by atomic mass is 32.2. The van der Waals surface area contributed by atoms with Crippen LogP contribution in [0.25, 0.3) is 6.08 Å². The minimum absolute atomic E-state index is 0.192. The SMILES string of the molecule is COC(=O)/C=C/c1ccccc1OCCCCCOS(C)(=O)=O. The summed E-state index contributed by atoms with van der Waals surface area (Å²) in [5.74, 6) is 0.255. The average Bonchev–Trinajstić information content (AvgIpc) is 2.51. The molecule has 128 valence electrons. The van der Waals surface area contributed by atoms with Crippen LogP contribution >= 0.6 is 0 Å². The van der Waals surface area contributed by atoms with Crippen molar-refractivity contribution < 1.29 is 26.9 Å². The number of carbonyl (C=O) groups is 1. The fourth-order valence-electron chi connectivity index (χ4n) is 1.75. The van der Waals surface area contributed by atoms with Gasteiger partial charge >= 0.3 is 5.97 Å². The molecule has 0 fully saturated rings. The molecule has 0 N–H and O–H groups in total. The van der Waals surface area contributed by atoms with Gasteiger partial charge in [0.25, 0.3) is 10.1 Å². The minimum atomic E-state index is -3.36. The molecule has 1 aromatic rings. The Hall–Kier alpha value is -1.86. The lowest BCUT2D eigenvalue weighted by molar-refractivity contribution is -0.134. The van der Waals surface area contributed by atoms with Gasteiger partial charge in [0.2, 0.25) is 0 Å². The maximum absolute atomic E-state index is 11.1. The van der Waals surface area contributed by atoms with Gasteiger partial charge in [-0.05, 0) is 31.4 Å². The number of hydrogen-bond donors (Lipinski definition) is 0. The Balaban J connectivity index is 2.35. The Bertz CT molecular complexity index is 621. The monoisotopic (exact) mass is 342 g/mol. The van der Waals surface area contributed by atoms with E-state index in [9.17, 15) is 13.2 Å². The van der Waals surface area contributed by atoms with E-state index in [4.69, 9.17) is 4.74 Å². The van der Waals surface area contributed by atoms with Crippen molar-refractivity contribution in [1.82, 2.24) is 0 Å². The lowest BCUT2D eigenvalue weighted by Gasteiger charge is -2.09. The normalized spacial score (nSPS) is 11.6. The average molecular weight is 342 g/mol. The second-order valence-electron chi connectivity index (χ2n) is 4.83. The Morgan fingerprint density at radius 3 is 2.52 bits per heavy atom. The van der Waals surface area contributed by atoms with Gasteiger partial charge in [-0.1, -0.05) is 18.2 Å². The summed E-state index contributed by atoms with van der Waals surface area (Å²) < 4.78 is 36.5. The summed E-state index contributed by atoms with van der Waals surface area (Å²) in [5, 5.41) is 0. The largest absolute Gasteiger partial charge is 0.493 e. The molecule has 0 aliphatic heterocycles. The highest BCUT2D eigenvalue weighted by Crippen LogP contribution is 2.20. The van der Waals surface area contributed by atoms with Crippen molar-refractivity contribution in [1.29, 1.82) is 0 Å². The van der Waals surface area contributed by atoms with Crippen molar-refractivity contribution in [2.45, 2.75) is 19.3 Å². The quantitative estimate of drug-likeness (QED) is 0.281. The summed E-state index contributed by atoms with van der Waals surface area (Å²) in [7, 11) is -2.04. The predicted molar refractivity (Wildman–Crippen MR) is 87.6 cm³/mol. The Morgan fingerprint density at radius 1 is 1.13 bits per heavy atom. The fourth-order valence-corrected chi connectivity index (χ4v) is 2.17. The Kier molecular flexibility index (Phi) is 8.36. The van der Waals surface area contributed by atoms with Gasteiger partial charge in [0, 0.05) is 11.6 Å². The molecule has 0 amide bonds. The Labute approximate surface area is 137 Å². The van der Waals surface area contributed by atoms with E-state index in [-0.39, 0.29) is 6.61 Å². The van der Waals surface area contributed by atoms with Gasteiger partial charge in [-0.2, -0.15) is 8.42 Å². The molecular weight excluding hydrogens is 320 g/mol. The van der Waals surface area contributed by atoms with E-state index < -0.39 is 16.1 Å². The van der Waals surface area contributed by atoms with Crippen LogP contribution < -0.4 is 4.74 Å². The van der Waals surface area contributed by atoms with Crippen LogP contribution in [0.15, 0.2) is 30.3 Å². The summed E-state index contributed by atoms with van der Waals surface area (Å²) in [4.78, 5) is 11.1. The zero-order valence-electron chi connectivity index (χ0n) is 13.4. The molecule has 0 atom stereocenters. The predicted octanol–water partition coefficient (Wildman–Crippen LogP) is 2.40. The van der Waals surface area contributed by atoms with Crippen molar-refractivity contribution in [2.24, 2.45) is 0 Å². The molecule has 0 aliphatic carbocycles. The molecule has 0 aromatic heterocycles. The van der Waals surface area contributed by atoms with E-state index in [0.29, 0.717) is 18.8 Å². The van der Waals surface area contributed by atoms with Gasteiger partial charge in [-0.3, -0.25) is 4.18 Å². The first-order chi connectivity index (χ1) is 10.9. The molecule has 0 radical (unpaired) electrons. The highest BCUT2D eigenvalue weighted by molar-refractivity contribution is 7.85. The van der Waals surface area contributed by atoms with E-state index in [0.717, 1.165) is 24.7 Å². The summed E-state index contributed by atoms with van der Waals surface area (Å²) in [6, 6.07) is 7.37. The van der Waals surface area contributed by atoms with Gasteiger partial charge in [-0.25, -0.2) is 4.79 Å². The van der Waals surface area contributed by atoms with Crippen molar-refractivity contribution in [3.05, 3.63) is 35.9 Å². The molecule has 0 bridgehead atoms. The van der Waals surface area contributed by atoms with Crippen LogP contribution in [0, 0.1) is 0 Å². The number of methoxy groups -OCH3 is 1. The van der Waals surface area contributed by atoms with E-state index in [1.807, 2.05) is 24.3 Å². The van der Waals surface area contributed by atoms with Crippen molar-refractivity contribution in [3.8, 4) is 5.75 Å². The molecule has 0 spiro atoms. The molecule has 0 saturated carbocycles. The van der Waals surface area contributed by atoms with Gasteiger partial charge in [0.1, 0.15) is 5.75 Å². The van der Waals surface area contributed by atoms with E-state index in [2.05, 4.69) is 8.92 Å². The number of carbonyl (C=O) groups excluding carboxylic acids is 1. The number of para-hydroxylation sites is 1. The molecular formula is C16H22O6S. The molecule has 0 aliphatic rings. The number of esters is 1. The van der Waals surface area contributed by atoms with Crippen LogP contribution in [0.2, 0.25) is 0 Å². The van der Waals surface area contributed by atoms with Crippen LogP contribution in [0.3, 0.4) is 0 Å². The molecule has 0 saturated heterocycles. The standard InChI is InChI=1S/C16H22O6S/c1-20-16(17)11-10-14-8-4-5-9-15(14)21-12-6-3-7-13-22-23(2,18)19/h4-5,8-11H,3,6-7,12-13H2,1-2H3/b11-10+. The second kappa shape index (κ2) is 10.0. The van der Waals surface area contributed by atoms with Crippen LogP contribution in [0.5, 0.6) is 5.75 Å². The number of ether oxygens (including phenoxy) is 2. The topological polar surface area (TPSA) is 78.9 Å². The third-order valence-corrected chi connectivity index (χ3v) is 3.46. The lowest BCUT2D eigenvalue weighted by atomic mass is 10.2. The van der Waals surface area contributed by atoms with Crippen LogP contribution in [0.4, 0.5) is 0 Å². The van der Waals surface area contributed by atoms with Gasteiger partial charge < -0.3 is 9.47 Å². The van der Waals surface area contributed by atoms with Crippen LogP contribution in [-0.4, -0.2) is 41.0 Å². The fraction of sp³-hybridized carbons (Fsp3) is 0.438. The van der Waals surface area contributed by atoms with Crippen LogP contribution in [0.1, 0.15) is 24.8 Å². The number of benzene rings is 1. The number of unbranched alkanes of at least 4 members (excludes halogenated alkanes) is 2. The molecule has 0 heterocycles. The summed E-state index contributed by atoms with van der Waals surface area (Å²) in [5.41, 5.74) is 0.790. The molecule has 7 heteroatoms. The number of rotatable bonds is 10. The molecule has 1 aromatic carbocycles. The zero-order chi connectivity index (χ0) is 17.1. The van der Waals surface area contributed by atoms with Gasteiger partial charge in [0.15, 0.2) is 0 Å². The number of hydrogen-bond acceptors (Lipinski definition) is 6.